The summed E-state index contributed by atoms with van der Waals surface area (Å²) in [5.41, 5.74) is -0.366. The van der Waals surface area contributed by atoms with Crippen molar-refractivity contribution in [3.8, 4) is 0 Å². The van der Waals surface area contributed by atoms with E-state index in [1.165, 1.54) is 0 Å². The number of carboxylic acid groups (broad SMARTS) is 2. The molecule has 0 aromatic heterocycles. The molecule has 8 nitrogen and oxygen atoms in total. The number of rotatable bonds is 7. The van der Waals surface area contributed by atoms with E-state index in [0.717, 1.165) is 0 Å². The van der Waals surface area contributed by atoms with Crippen LogP contribution in [0, 0.1) is 0 Å². The lowest BCUT2D eigenvalue weighted by Crippen LogP contribution is -2.30. The second-order valence-electron chi connectivity index (χ2n) is 2.76. The summed E-state index contributed by atoms with van der Waals surface area (Å²) in [4.78, 5) is 41.7. The molecule has 0 unspecified atom stereocenters. The third-order valence-corrected chi connectivity index (χ3v) is 1.32. The zero-order valence-electron chi connectivity index (χ0n) is 8.59. The number of carbonyl (C=O) groups is 4. The molecule has 0 aromatic rings. The molecule has 0 radical (unpaired) electrons. The maximum Gasteiger partial charge on any atom is 0.334 e. The van der Waals surface area contributed by atoms with Gasteiger partial charge in [-0.05, 0) is 0 Å². The molecule has 0 aliphatic heterocycles. The van der Waals surface area contributed by atoms with E-state index in [0.29, 0.717) is 0 Å². The second kappa shape index (κ2) is 6.99. The zero-order chi connectivity index (χ0) is 13.4. The van der Waals surface area contributed by atoms with Crippen LogP contribution in [0.5, 0.6) is 0 Å². The van der Waals surface area contributed by atoms with E-state index < -0.39 is 43.5 Å². The lowest BCUT2D eigenvalue weighted by molar-refractivity contribution is -0.310. The van der Waals surface area contributed by atoms with Crippen molar-refractivity contribution in [1.29, 1.82) is 0 Å². The van der Waals surface area contributed by atoms with Crippen LogP contribution >= 0.6 is 0 Å². The van der Waals surface area contributed by atoms with Crippen LogP contribution in [0.3, 0.4) is 0 Å². The molecule has 0 fully saturated rings. The van der Waals surface area contributed by atoms with Crippen molar-refractivity contribution in [2.24, 2.45) is 0 Å². The number of ether oxygens (including phenoxy) is 2. The fourth-order valence-electron chi connectivity index (χ4n) is 0.663. The number of esters is 2. The molecule has 0 saturated heterocycles. The molecule has 8 heteroatoms. The van der Waals surface area contributed by atoms with Gasteiger partial charge >= 0.3 is 11.9 Å². The number of hydrogen-bond donors (Lipinski definition) is 0. The predicted molar refractivity (Wildman–Crippen MR) is 45.7 cm³/mol. The normalized spacial score (nSPS) is 9.18. The van der Waals surface area contributed by atoms with Gasteiger partial charge in [0, 0.05) is 5.57 Å². The minimum atomic E-state index is -1.61. The monoisotopic (exact) mass is 244 g/mol. The van der Waals surface area contributed by atoms with Gasteiger partial charge in [-0.15, -0.1) is 0 Å². The van der Waals surface area contributed by atoms with Gasteiger partial charge in [-0.3, -0.25) is 4.79 Å². The maximum atomic E-state index is 11.0. The Hall–Kier alpha value is -2.38. The van der Waals surface area contributed by atoms with Gasteiger partial charge in [-0.2, -0.15) is 0 Å². The number of carbonyl (C=O) groups excluding carboxylic acids is 4. The van der Waals surface area contributed by atoms with Gasteiger partial charge in [0.1, 0.15) is 13.2 Å². The standard InChI is InChI=1S/C9H10O8/c1-5(9(15)17-4-7(12)13)2-8(14)16-3-6(10)11/h1-4H2,(H,10,11)(H,12,13)/p-2. The number of hydrogen-bond acceptors (Lipinski definition) is 8. The molecular weight excluding hydrogens is 236 g/mol. The lowest BCUT2D eigenvalue weighted by Gasteiger charge is -2.08. The molecule has 0 rings (SSSR count). The highest BCUT2D eigenvalue weighted by Crippen LogP contribution is 2.02. The van der Waals surface area contributed by atoms with Gasteiger partial charge in [-0.1, -0.05) is 6.58 Å². The molecule has 0 aliphatic carbocycles. The van der Waals surface area contributed by atoms with Crippen LogP contribution in [0.4, 0.5) is 0 Å². The molecule has 0 spiro atoms. The van der Waals surface area contributed by atoms with Crippen LogP contribution in [-0.2, 0) is 28.7 Å². The first kappa shape index (κ1) is 14.6. The first-order valence-electron chi connectivity index (χ1n) is 4.23. The smallest absolute Gasteiger partial charge is 0.334 e. The van der Waals surface area contributed by atoms with Crippen LogP contribution < -0.4 is 10.2 Å². The second-order valence-corrected chi connectivity index (χ2v) is 2.76. The van der Waals surface area contributed by atoms with E-state index in [2.05, 4.69) is 16.1 Å². The largest absolute Gasteiger partial charge is 0.546 e. The summed E-state index contributed by atoms with van der Waals surface area (Å²) in [7, 11) is 0. The fourth-order valence-corrected chi connectivity index (χ4v) is 0.663. The molecule has 0 amide bonds. The van der Waals surface area contributed by atoms with Crippen molar-refractivity contribution in [2.75, 3.05) is 13.2 Å². The van der Waals surface area contributed by atoms with E-state index in [-0.39, 0.29) is 5.57 Å². The molecule has 17 heavy (non-hydrogen) atoms. The first-order chi connectivity index (χ1) is 7.82. The van der Waals surface area contributed by atoms with Crippen LogP contribution in [0.25, 0.3) is 0 Å². The summed E-state index contributed by atoms with van der Waals surface area (Å²) in [5.74, 6) is -5.33. The highest BCUT2D eigenvalue weighted by Gasteiger charge is 2.14. The summed E-state index contributed by atoms with van der Waals surface area (Å²) in [6, 6.07) is 0. The highest BCUT2D eigenvalue weighted by atomic mass is 16.6. The topological polar surface area (TPSA) is 133 Å². The van der Waals surface area contributed by atoms with E-state index in [1.54, 1.807) is 0 Å². The molecular formula is C9H8O8-2. The Morgan fingerprint density at radius 3 is 1.88 bits per heavy atom. The SMILES string of the molecule is C=C(CC(=O)OCC(=O)[O-])C(=O)OCC(=O)[O-]. The summed E-state index contributed by atoms with van der Waals surface area (Å²) < 4.78 is 8.31. The molecule has 0 atom stereocenters. The Morgan fingerprint density at radius 2 is 1.41 bits per heavy atom. The van der Waals surface area contributed by atoms with E-state index in [9.17, 15) is 29.4 Å². The van der Waals surface area contributed by atoms with Crippen molar-refractivity contribution in [3.05, 3.63) is 12.2 Å². The van der Waals surface area contributed by atoms with Crippen molar-refractivity contribution in [3.63, 3.8) is 0 Å². The van der Waals surface area contributed by atoms with Crippen LogP contribution in [0.2, 0.25) is 0 Å². The van der Waals surface area contributed by atoms with Crippen LogP contribution in [0.15, 0.2) is 12.2 Å². The predicted octanol–water partition coefficient (Wildman–Crippen LogP) is -3.48. The Balaban J connectivity index is 3.99. The van der Waals surface area contributed by atoms with Gasteiger partial charge in [0.2, 0.25) is 0 Å². The number of aliphatic carboxylic acids is 2. The summed E-state index contributed by atoms with van der Waals surface area (Å²) in [6.45, 7) is 1.24. The summed E-state index contributed by atoms with van der Waals surface area (Å²) >= 11 is 0. The van der Waals surface area contributed by atoms with Gasteiger partial charge < -0.3 is 29.3 Å². The summed E-state index contributed by atoms with van der Waals surface area (Å²) in [5, 5.41) is 19.9. The quantitative estimate of drug-likeness (QED) is 0.333. The Morgan fingerprint density at radius 1 is 0.941 bits per heavy atom. The lowest BCUT2D eigenvalue weighted by atomic mass is 10.2. The first-order valence-corrected chi connectivity index (χ1v) is 4.23. The molecule has 0 aliphatic rings. The summed E-state index contributed by atoms with van der Waals surface area (Å²) in [6.07, 6.45) is -0.612. The molecule has 0 aromatic carbocycles. The molecule has 94 valence electrons. The zero-order valence-corrected chi connectivity index (χ0v) is 8.59. The molecule has 0 N–H and O–H groups in total. The maximum absolute atomic E-state index is 11.0. The number of carboxylic acids is 2. The molecule has 0 saturated carbocycles. The fraction of sp³-hybridized carbons (Fsp3) is 0.333. The minimum Gasteiger partial charge on any atom is -0.546 e. The van der Waals surface area contributed by atoms with Crippen LogP contribution in [0.1, 0.15) is 6.42 Å². The average Bonchev–Trinajstić information content (AvgIpc) is 2.22. The van der Waals surface area contributed by atoms with E-state index in [1.807, 2.05) is 0 Å². The van der Waals surface area contributed by atoms with Crippen molar-refractivity contribution in [1.82, 2.24) is 0 Å². The van der Waals surface area contributed by atoms with Gasteiger partial charge in [-0.25, -0.2) is 4.79 Å². The average molecular weight is 244 g/mol. The third-order valence-electron chi connectivity index (χ3n) is 1.32. The van der Waals surface area contributed by atoms with Crippen molar-refractivity contribution >= 4 is 23.9 Å². The van der Waals surface area contributed by atoms with Gasteiger partial charge in [0.25, 0.3) is 0 Å². The minimum absolute atomic E-state index is 0.366. The highest BCUT2D eigenvalue weighted by molar-refractivity contribution is 5.94. The Labute approximate surface area is 95.4 Å². The third kappa shape index (κ3) is 7.54. The Bertz CT molecular complexity index is 356. The van der Waals surface area contributed by atoms with E-state index in [4.69, 9.17) is 0 Å². The van der Waals surface area contributed by atoms with Gasteiger partial charge in [0.15, 0.2) is 0 Å². The van der Waals surface area contributed by atoms with Crippen LogP contribution in [-0.4, -0.2) is 37.1 Å². The molecule has 0 heterocycles. The Kier molecular flexibility index (Phi) is 6.01. The van der Waals surface area contributed by atoms with E-state index >= 15 is 0 Å². The molecule has 0 bridgehead atoms. The van der Waals surface area contributed by atoms with Crippen molar-refractivity contribution < 1.29 is 38.9 Å². The van der Waals surface area contributed by atoms with Gasteiger partial charge in [0.05, 0.1) is 18.4 Å². The van der Waals surface area contributed by atoms with Crippen molar-refractivity contribution in [2.45, 2.75) is 6.42 Å².